The molecular weight excluding hydrogens is 320 g/mol. The number of primary sulfonamides is 1. The van der Waals surface area contributed by atoms with Crippen molar-refractivity contribution in [1.29, 1.82) is 0 Å². The summed E-state index contributed by atoms with van der Waals surface area (Å²) in [6, 6.07) is 4.12. The molecule has 0 spiro atoms. The molecule has 0 unspecified atom stereocenters. The van der Waals surface area contributed by atoms with E-state index in [0.29, 0.717) is 4.47 Å². The first-order valence-electron chi connectivity index (χ1n) is 5.39. The van der Waals surface area contributed by atoms with E-state index in [1.165, 1.54) is 18.2 Å². The zero-order valence-corrected chi connectivity index (χ0v) is 12.5. The summed E-state index contributed by atoms with van der Waals surface area (Å²) in [5.74, 6) is -0.332. The molecule has 1 rings (SSSR count). The lowest BCUT2D eigenvalue weighted by Crippen LogP contribution is -2.32. The van der Waals surface area contributed by atoms with E-state index in [9.17, 15) is 13.2 Å². The molecule has 100 valence electrons. The average Bonchev–Trinajstić information content (AvgIpc) is 2.27. The third-order valence-electron chi connectivity index (χ3n) is 2.50. The van der Waals surface area contributed by atoms with Gasteiger partial charge in [0, 0.05) is 10.5 Å². The SMILES string of the molecule is CC[C@H](C)NC(=O)c1cc(S(N)(=O)=O)ccc1Br. The first-order valence-corrected chi connectivity index (χ1v) is 7.72. The van der Waals surface area contributed by atoms with E-state index in [2.05, 4.69) is 21.2 Å². The molecule has 0 radical (unpaired) electrons. The molecule has 0 saturated carbocycles. The highest BCUT2D eigenvalue weighted by Crippen LogP contribution is 2.20. The normalized spacial score (nSPS) is 13.1. The predicted molar refractivity (Wildman–Crippen MR) is 72.7 cm³/mol. The lowest BCUT2D eigenvalue weighted by Gasteiger charge is -2.12. The zero-order chi connectivity index (χ0) is 13.9. The first kappa shape index (κ1) is 15.1. The summed E-state index contributed by atoms with van der Waals surface area (Å²) in [6.07, 6.45) is 0.790. The molecule has 1 aromatic carbocycles. The number of hydrogen-bond acceptors (Lipinski definition) is 3. The minimum atomic E-state index is -3.81. The van der Waals surface area contributed by atoms with Crippen LogP contribution in [0.4, 0.5) is 0 Å². The molecule has 0 saturated heterocycles. The maximum Gasteiger partial charge on any atom is 0.252 e. The minimum absolute atomic E-state index is 0.0162. The summed E-state index contributed by atoms with van der Waals surface area (Å²) in [6.45, 7) is 3.82. The number of rotatable bonds is 4. The Morgan fingerprint density at radius 1 is 1.50 bits per heavy atom. The van der Waals surface area contributed by atoms with Crippen molar-refractivity contribution in [3.8, 4) is 0 Å². The lowest BCUT2D eigenvalue weighted by atomic mass is 10.2. The average molecular weight is 335 g/mol. The third-order valence-corrected chi connectivity index (χ3v) is 4.10. The number of halogens is 1. The van der Waals surface area contributed by atoms with Crippen molar-refractivity contribution in [3.05, 3.63) is 28.2 Å². The fourth-order valence-electron chi connectivity index (χ4n) is 1.26. The smallest absolute Gasteiger partial charge is 0.252 e. The highest BCUT2D eigenvalue weighted by atomic mass is 79.9. The number of nitrogens with one attached hydrogen (secondary N) is 1. The highest BCUT2D eigenvalue weighted by Gasteiger charge is 2.16. The van der Waals surface area contributed by atoms with E-state index in [0.717, 1.165) is 6.42 Å². The van der Waals surface area contributed by atoms with Crippen molar-refractivity contribution < 1.29 is 13.2 Å². The summed E-state index contributed by atoms with van der Waals surface area (Å²) < 4.78 is 23.0. The summed E-state index contributed by atoms with van der Waals surface area (Å²) >= 11 is 3.21. The van der Waals surface area contributed by atoms with Gasteiger partial charge in [0.15, 0.2) is 0 Å². The lowest BCUT2D eigenvalue weighted by molar-refractivity contribution is 0.0938. The van der Waals surface area contributed by atoms with Gasteiger partial charge in [-0.25, -0.2) is 13.6 Å². The van der Waals surface area contributed by atoms with Crippen LogP contribution >= 0.6 is 15.9 Å². The van der Waals surface area contributed by atoms with E-state index in [-0.39, 0.29) is 22.4 Å². The Kier molecular flexibility index (Phi) is 4.89. The van der Waals surface area contributed by atoms with Crippen molar-refractivity contribution in [1.82, 2.24) is 5.32 Å². The molecule has 0 aromatic heterocycles. The van der Waals surface area contributed by atoms with Gasteiger partial charge in [0.25, 0.3) is 5.91 Å². The van der Waals surface area contributed by atoms with Gasteiger partial charge in [0.2, 0.25) is 10.0 Å². The van der Waals surface area contributed by atoms with Gasteiger partial charge < -0.3 is 5.32 Å². The molecule has 0 aliphatic rings. The number of carbonyl (C=O) groups is 1. The summed E-state index contributed by atoms with van der Waals surface area (Å²) in [7, 11) is -3.81. The molecule has 5 nitrogen and oxygen atoms in total. The van der Waals surface area contributed by atoms with Gasteiger partial charge in [0.1, 0.15) is 0 Å². The standard InChI is InChI=1S/C11H15BrN2O3S/c1-3-7(2)14-11(15)9-6-8(18(13,16)17)4-5-10(9)12/h4-7H,3H2,1-2H3,(H,14,15)(H2,13,16,17)/t7-/m0/s1. The van der Waals surface area contributed by atoms with Crippen LogP contribution in [0, 0.1) is 0 Å². The Morgan fingerprint density at radius 2 is 2.11 bits per heavy atom. The van der Waals surface area contributed by atoms with E-state index >= 15 is 0 Å². The van der Waals surface area contributed by atoms with E-state index in [4.69, 9.17) is 5.14 Å². The van der Waals surface area contributed by atoms with Crippen LogP contribution in [0.2, 0.25) is 0 Å². The van der Waals surface area contributed by atoms with Crippen LogP contribution < -0.4 is 10.5 Å². The molecule has 1 aromatic rings. The van der Waals surface area contributed by atoms with Crippen LogP contribution in [0.1, 0.15) is 30.6 Å². The zero-order valence-electron chi connectivity index (χ0n) is 10.1. The van der Waals surface area contributed by atoms with Crippen LogP contribution in [0.15, 0.2) is 27.6 Å². The molecule has 0 aliphatic carbocycles. The minimum Gasteiger partial charge on any atom is -0.350 e. The Hall–Kier alpha value is -0.920. The molecule has 0 bridgehead atoms. The Balaban J connectivity index is 3.12. The molecule has 0 fully saturated rings. The fraction of sp³-hybridized carbons (Fsp3) is 0.364. The van der Waals surface area contributed by atoms with Crippen molar-refractivity contribution in [3.63, 3.8) is 0 Å². The monoisotopic (exact) mass is 334 g/mol. The van der Waals surface area contributed by atoms with Gasteiger partial charge in [-0.1, -0.05) is 6.92 Å². The third kappa shape index (κ3) is 3.79. The maximum atomic E-state index is 11.9. The molecule has 1 amide bonds. The van der Waals surface area contributed by atoms with Gasteiger partial charge in [0.05, 0.1) is 10.5 Å². The summed E-state index contributed by atoms with van der Waals surface area (Å²) in [4.78, 5) is 11.9. The number of amides is 1. The van der Waals surface area contributed by atoms with Gasteiger partial charge in [-0.2, -0.15) is 0 Å². The van der Waals surface area contributed by atoms with Gasteiger partial charge in [-0.3, -0.25) is 4.79 Å². The molecule has 0 heterocycles. The largest absolute Gasteiger partial charge is 0.350 e. The van der Waals surface area contributed by atoms with Gasteiger partial charge in [-0.05, 0) is 47.5 Å². The fourth-order valence-corrected chi connectivity index (χ4v) is 2.23. The Bertz CT molecular complexity index is 557. The molecule has 3 N–H and O–H groups in total. The van der Waals surface area contributed by atoms with Crippen molar-refractivity contribution >= 4 is 31.9 Å². The highest BCUT2D eigenvalue weighted by molar-refractivity contribution is 9.10. The quantitative estimate of drug-likeness (QED) is 0.876. The van der Waals surface area contributed by atoms with Crippen LogP contribution in [0.3, 0.4) is 0 Å². The number of carbonyl (C=O) groups excluding carboxylic acids is 1. The summed E-state index contributed by atoms with van der Waals surface area (Å²) in [5.41, 5.74) is 0.252. The first-order chi connectivity index (χ1) is 8.25. The number of benzene rings is 1. The summed E-state index contributed by atoms with van der Waals surface area (Å²) in [5, 5.41) is 7.79. The van der Waals surface area contributed by atoms with Crippen LogP contribution in [0.5, 0.6) is 0 Å². The van der Waals surface area contributed by atoms with E-state index in [1.54, 1.807) is 0 Å². The van der Waals surface area contributed by atoms with E-state index < -0.39 is 10.0 Å². The van der Waals surface area contributed by atoms with Crippen LogP contribution in [0.25, 0.3) is 0 Å². The molecule has 0 aliphatic heterocycles. The predicted octanol–water partition coefficient (Wildman–Crippen LogP) is 1.62. The van der Waals surface area contributed by atoms with Gasteiger partial charge in [-0.15, -0.1) is 0 Å². The molecule has 1 atom stereocenters. The van der Waals surface area contributed by atoms with E-state index in [1.807, 2.05) is 13.8 Å². The molecule has 7 heteroatoms. The second-order valence-electron chi connectivity index (χ2n) is 3.97. The number of hydrogen-bond donors (Lipinski definition) is 2. The Labute approximate surface area is 115 Å². The second-order valence-corrected chi connectivity index (χ2v) is 6.39. The van der Waals surface area contributed by atoms with Crippen LogP contribution in [-0.4, -0.2) is 20.4 Å². The molecular formula is C11H15BrN2O3S. The molecule has 18 heavy (non-hydrogen) atoms. The van der Waals surface area contributed by atoms with Gasteiger partial charge >= 0.3 is 0 Å². The topological polar surface area (TPSA) is 89.3 Å². The van der Waals surface area contributed by atoms with Crippen LogP contribution in [-0.2, 0) is 10.0 Å². The Morgan fingerprint density at radius 3 is 2.61 bits per heavy atom. The van der Waals surface area contributed by atoms with Crippen molar-refractivity contribution in [2.45, 2.75) is 31.2 Å². The van der Waals surface area contributed by atoms with Crippen molar-refractivity contribution in [2.24, 2.45) is 5.14 Å². The number of sulfonamides is 1. The van der Waals surface area contributed by atoms with Crippen molar-refractivity contribution in [2.75, 3.05) is 0 Å². The maximum absolute atomic E-state index is 11.9. The number of nitrogens with two attached hydrogens (primary N) is 1. The second kappa shape index (κ2) is 5.81.